The minimum Gasteiger partial charge on any atom is -0.467 e. The van der Waals surface area contributed by atoms with Crippen LogP contribution in [-0.2, 0) is 6.54 Å². The van der Waals surface area contributed by atoms with Gasteiger partial charge in [0.05, 0.1) is 18.3 Å². The maximum Gasteiger partial charge on any atom is 0.198 e. The number of fused-ring (bicyclic) bond motifs is 1. The molecule has 30 heavy (non-hydrogen) atoms. The first kappa shape index (κ1) is 18.5. The van der Waals surface area contributed by atoms with E-state index in [2.05, 4.69) is 26.2 Å². The van der Waals surface area contributed by atoms with E-state index < -0.39 is 0 Å². The van der Waals surface area contributed by atoms with Gasteiger partial charge in [0.25, 0.3) is 0 Å². The minimum atomic E-state index is -0.336. The van der Waals surface area contributed by atoms with Crippen LogP contribution in [0, 0.1) is 12.7 Å². The van der Waals surface area contributed by atoms with Crippen LogP contribution >= 0.6 is 11.8 Å². The number of rotatable bonds is 5. The number of furan rings is 1. The average molecular weight is 417 g/mol. The molecule has 8 heteroatoms. The van der Waals surface area contributed by atoms with E-state index in [1.54, 1.807) is 12.3 Å². The zero-order valence-electron chi connectivity index (χ0n) is 16.0. The van der Waals surface area contributed by atoms with Gasteiger partial charge in [0, 0.05) is 10.9 Å². The number of halogens is 1. The third-order valence-corrected chi connectivity index (χ3v) is 5.64. The predicted molar refractivity (Wildman–Crippen MR) is 112 cm³/mol. The lowest BCUT2D eigenvalue weighted by Gasteiger charge is -2.10. The molecule has 0 saturated heterocycles. The van der Waals surface area contributed by atoms with E-state index in [1.165, 1.54) is 30.2 Å². The number of aryl methyl sites for hydroxylation is 1. The van der Waals surface area contributed by atoms with Gasteiger partial charge in [0.15, 0.2) is 11.0 Å². The first-order chi connectivity index (χ1) is 14.7. The van der Waals surface area contributed by atoms with Gasteiger partial charge in [-0.15, -0.1) is 10.2 Å². The van der Waals surface area contributed by atoms with Gasteiger partial charge in [-0.3, -0.25) is 4.57 Å². The fraction of sp³-hybridized carbons (Fsp3) is 0.0909. The maximum atomic E-state index is 13.8. The second-order valence-corrected chi connectivity index (χ2v) is 7.74. The van der Waals surface area contributed by atoms with Gasteiger partial charge in [-0.2, -0.15) is 0 Å². The normalized spacial score (nSPS) is 11.3. The van der Waals surface area contributed by atoms with Crippen molar-refractivity contribution in [2.75, 3.05) is 0 Å². The molecule has 148 valence electrons. The van der Waals surface area contributed by atoms with Crippen LogP contribution in [0.25, 0.3) is 22.3 Å². The third kappa shape index (κ3) is 3.57. The molecule has 0 atom stereocenters. The molecule has 0 spiro atoms. The van der Waals surface area contributed by atoms with Gasteiger partial charge in [-0.05, 0) is 55.1 Å². The molecule has 0 radical (unpaired) electrons. The van der Waals surface area contributed by atoms with Crippen LogP contribution in [0.4, 0.5) is 4.39 Å². The van der Waals surface area contributed by atoms with Gasteiger partial charge >= 0.3 is 0 Å². The average Bonchev–Trinajstić information content (AvgIpc) is 3.39. The van der Waals surface area contributed by atoms with Crippen molar-refractivity contribution in [3.8, 4) is 11.4 Å². The van der Waals surface area contributed by atoms with Crippen molar-refractivity contribution >= 4 is 22.7 Å². The van der Waals surface area contributed by atoms with Crippen molar-refractivity contribution in [2.24, 2.45) is 0 Å². The summed E-state index contributed by atoms with van der Waals surface area (Å²) in [5, 5.41) is 10.7. The van der Waals surface area contributed by atoms with Crippen molar-refractivity contribution < 1.29 is 8.81 Å². The zero-order chi connectivity index (χ0) is 20.5. The Morgan fingerprint density at radius 3 is 2.80 bits per heavy atom. The smallest absolute Gasteiger partial charge is 0.198 e. The summed E-state index contributed by atoms with van der Waals surface area (Å²) in [6, 6.07) is 16.3. The summed E-state index contributed by atoms with van der Waals surface area (Å²) in [4.78, 5) is 8.58. The summed E-state index contributed by atoms with van der Waals surface area (Å²) in [6.45, 7) is 2.50. The van der Waals surface area contributed by atoms with Gasteiger partial charge in [0.1, 0.15) is 22.9 Å². The maximum absolute atomic E-state index is 13.8. The molecule has 0 aliphatic rings. The molecule has 2 aromatic carbocycles. The predicted octanol–water partition coefficient (Wildman–Crippen LogP) is 5.13. The van der Waals surface area contributed by atoms with Crippen LogP contribution in [-0.4, -0.2) is 24.7 Å². The number of hydrogen-bond donors (Lipinski definition) is 0. The highest BCUT2D eigenvalue weighted by Gasteiger charge is 2.18. The summed E-state index contributed by atoms with van der Waals surface area (Å²) in [5.41, 5.74) is 2.76. The zero-order valence-corrected chi connectivity index (χ0v) is 16.8. The lowest BCUT2D eigenvalue weighted by atomic mass is 10.1. The second-order valence-electron chi connectivity index (χ2n) is 6.78. The molecule has 0 amide bonds. The Morgan fingerprint density at radius 2 is 1.97 bits per heavy atom. The van der Waals surface area contributed by atoms with E-state index >= 15 is 0 Å². The van der Waals surface area contributed by atoms with E-state index in [0.717, 1.165) is 22.7 Å². The summed E-state index contributed by atoms with van der Waals surface area (Å²) < 4.78 is 21.4. The molecule has 5 rings (SSSR count). The number of hydrogen-bond acceptors (Lipinski definition) is 6. The summed E-state index contributed by atoms with van der Waals surface area (Å²) in [5.74, 6) is 1.17. The van der Waals surface area contributed by atoms with Crippen LogP contribution in [0.1, 0.15) is 11.3 Å². The number of aromatic nitrogens is 5. The highest BCUT2D eigenvalue weighted by molar-refractivity contribution is 7.99. The topological polar surface area (TPSA) is 69.6 Å². The van der Waals surface area contributed by atoms with Gasteiger partial charge in [-0.25, -0.2) is 14.4 Å². The molecule has 6 nitrogen and oxygen atoms in total. The minimum absolute atomic E-state index is 0.336. The number of benzene rings is 2. The second kappa shape index (κ2) is 7.72. The highest BCUT2D eigenvalue weighted by atomic mass is 32.2. The first-order valence-electron chi connectivity index (χ1n) is 9.28. The molecule has 0 aliphatic heterocycles. The van der Waals surface area contributed by atoms with Crippen LogP contribution in [0.5, 0.6) is 0 Å². The van der Waals surface area contributed by atoms with E-state index in [0.29, 0.717) is 27.6 Å². The van der Waals surface area contributed by atoms with E-state index in [1.807, 2.05) is 41.8 Å². The fourth-order valence-electron chi connectivity index (χ4n) is 3.24. The summed E-state index contributed by atoms with van der Waals surface area (Å²) in [7, 11) is 0. The first-order valence-corrected chi connectivity index (χ1v) is 10.1. The van der Waals surface area contributed by atoms with Crippen molar-refractivity contribution in [1.29, 1.82) is 0 Å². The van der Waals surface area contributed by atoms with Crippen molar-refractivity contribution in [3.05, 3.63) is 84.3 Å². The third-order valence-electron chi connectivity index (χ3n) is 4.64. The molecule has 0 unspecified atom stereocenters. The quantitative estimate of drug-likeness (QED) is 0.369. The lowest BCUT2D eigenvalue weighted by molar-refractivity contribution is 0.485. The SMILES string of the molecule is Cc1cccc(-c2nnc(Sc3ncnc4ccc(F)cc34)n2Cc2ccco2)c1. The summed E-state index contributed by atoms with van der Waals surface area (Å²) in [6.07, 6.45) is 3.11. The largest absolute Gasteiger partial charge is 0.467 e. The van der Waals surface area contributed by atoms with Gasteiger partial charge in [-0.1, -0.05) is 23.8 Å². The van der Waals surface area contributed by atoms with Crippen LogP contribution in [0.2, 0.25) is 0 Å². The van der Waals surface area contributed by atoms with Crippen molar-refractivity contribution in [3.63, 3.8) is 0 Å². The molecule has 0 N–H and O–H groups in total. The molecular weight excluding hydrogens is 401 g/mol. The molecule has 0 bridgehead atoms. The van der Waals surface area contributed by atoms with Crippen LogP contribution < -0.4 is 0 Å². The number of nitrogens with zero attached hydrogens (tertiary/aromatic N) is 5. The Kier molecular flexibility index (Phi) is 4.76. The van der Waals surface area contributed by atoms with Crippen molar-refractivity contribution in [2.45, 2.75) is 23.7 Å². The standard InChI is InChI=1S/C22H16FN5OS/c1-14-4-2-5-15(10-14)20-26-27-22(28(20)12-17-6-3-9-29-17)30-21-18-11-16(23)7-8-19(18)24-13-25-21/h2-11,13H,12H2,1H3. The molecule has 3 heterocycles. The molecule has 3 aromatic heterocycles. The Balaban J connectivity index is 1.61. The van der Waals surface area contributed by atoms with Crippen molar-refractivity contribution in [1.82, 2.24) is 24.7 Å². The Hall–Kier alpha value is -3.52. The molecular formula is C22H16FN5OS. The van der Waals surface area contributed by atoms with E-state index in [4.69, 9.17) is 4.42 Å². The fourth-order valence-corrected chi connectivity index (χ4v) is 4.12. The van der Waals surface area contributed by atoms with E-state index in [9.17, 15) is 4.39 Å². The lowest BCUT2D eigenvalue weighted by Crippen LogP contribution is -2.03. The van der Waals surface area contributed by atoms with Gasteiger partial charge < -0.3 is 4.42 Å². The molecule has 0 saturated carbocycles. The highest BCUT2D eigenvalue weighted by Crippen LogP contribution is 2.33. The van der Waals surface area contributed by atoms with Gasteiger partial charge in [0.2, 0.25) is 0 Å². The summed E-state index contributed by atoms with van der Waals surface area (Å²) >= 11 is 1.32. The molecule has 0 aliphatic carbocycles. The molecule has 5 aromatic rings. The monoisotopic (exact) mass is 417 g/mol. The van der Waals surface area contributed by atoms with Crippen LogP contribution in [0.15, 0.2) is 81.8 Å². The van der Waals surface area contributed by atoms with E-state index in [-0.39, 0.29) is 5.82 Å². The Morgan fingerprint density at radius 1 is 1.03 bits per heavy atom. The van der Waals surface area contributed by atoms with Crippen LogP contribution in [0.3, 0.4) is 0 Å². The molecule has 0 fully saturated rings. The Bertz CT molecular complexity index is 1330. The Labute approximate surface area is 175 Å².